The van der Waals surface area contributed by atoms with Crippen molar-refractivity contribution in [2.24, 2.45) is 4.99 Å². The minimum atomic E-state index is 0. The van der Waals surface area contributed by atoms with E-state index in [4.69, 9.17) is 8.94 Å². The maximum atomic E-state index is 5.22. The first-order valence-electron chi connectivity index (χ1n) is 6.11. The van der Waals surface area contributed by atoms with Crippen molar-refractivity contribution in [2.75, 3.05) is 6.54 Å². The van der Waals surface area contributed by atoms with Crippen LogP contribution in [0.25, 0.3) is 0 Å². The van der Waals surface area contributed by atoms with E-state index in [1.807, 2.05) is 19.1 Å². The highest BCUT2D eigenvalue weighted by Gasteiger charge is 2.04. The molecule has 0 aliphatic rings. The normalized spacial score (nSPS) is 11.0. The molecule has 0 spiro atoms. The van der Waals surface area contributed by atoms with Crippen molar-refractivity contribution in [1.82, 2.24) is 20.8 Å². The molecule has 0 fully saturated rings. The summed E-state index contributed by atoms with van der Waals surface area (Å²) < 4.78 is 10.2. The highest BCUT2D eigenvalue weighted by Crippen LogP contribution is 2.01. The number of nitrogens with one attached hydrogen (secondary N) is 2. The maximum absolute atomic E-state index is 5.22. The number of aliphatic imine (C=N–C) groups is 1. The second-order valence-corrected chi connectivity index (χ2v) is 3.86. The zero-order chi connectivity index (χ0) is 13.5. The molecule has 0 aliphatic heterocycles. The molecular formula is C12H18IN5O2. The molecule has 8 heteroatoms. The van der Waals surface area contributed by atoms with E-state index in [2.05, 4.69) is 25.8 Å². The summed E-state index contributed by atoms with van der Waals surface area (Å²) in [4.78, 5) is 8.50. The van der Waals surface area contributed by atoms with Crippen molar-refractivity contribution in [2.45, 2.75) is 26.9 Å². The number of hydrogen-bond acceptors (Lipinski definition) is 5. The van der Waals surface area contributed by atoms with Crippen molar-refractivity contribution in [3.63, 3.8) is 0 Å². The van der Waals surface area contributed by atoms with Gasteiger partial charge in [0, 0.05) is 6.54 Å². The number of rotatable bonds is 5. The summed E-state index contributed by atoms with van der Waals surface area (Å²) in [7, 11) is 0. The minimum absolute atomic E-state index is 0. The molecule has 2 heterocycles. The Hall–Kier alpha value is -1.58. The zero-order valence-corrected chi connectivity index (χ0v) is 13.8. The lowest BCUT2D eigenvalue weighted by Crippen LogP contribution is -2.36. The van der Waals surface area contributed by atoms with E-state index in [9.17, 15) is 0 Å². The number of furan rings is 1. The molecule has 0 saturated heterocycles. The van der Waals surface area contributed by atoms with Crippen molar-refractivity contribution in [1.29, 1.82) is 0 Å². The van der Waals surface area contributed by atoms with Crippen LogP contribution in [0, 0.1) is 6.92 Å². The van der Waals surface area contributed by atoms with Gasteiger partial charge >= 0.3 is 0 Å². The molecule has 0 amide bonds. The summed E-state index contributed by atoms with van der Waals surface area (Å²) in [6.45, 7) is 5.47. The molecule has 0 atom stereocenters. The largest absolute Gasteiger partial charge is 0.467 e. The zero-order valence-electron chi connectivity index (χ0n) is 11.4. The molecule has 2 N–H and O–H groups in total. The Bertz CT molecular complexity index is 524. The molecule has 110 valence electrons. The lowest BCUT2D eigenvalue weighted by Gasteiger charge is -2.08. The third-order valence-corrected chi connectivity index (χ3v) is 2.29. The van der Waals surface area contributed by atoms with Crippen LogP contribution in [0.15, 0.2) is 32.3 Å². The summed E-state index contributed by atoms with van der Waals surface area (Å²) in [6.07, 6.45) is 1.63. The van der Waals surface area contributed by atoms with E-state index in [-0.39, 0.29) is 24.0 Å². The van der Waals surface area contributed by atoms with Crippen LogP contribution in [0.4, 0.5) is 0 Å². The van der Waals surface area contributed by atoms with Gasteiger partial charge in [0.05, 0.1) is 12.8 Å². The highest BCUT2D eigenvalue weighted by molar-refractivity contribution is 14.0. The van der Waals surface area contributed by atoms with Crippen LogP contribution in [-0.2, 0) is 13.1 Å². The van der Waals surface area contributed by atoms with Crippen molar-refractivity contribution < 1.29 is 8.94 Å². The van der Waals surface area contributed by atoms with Crippen LogP contribution < -0.4 is 10.6 Å². The van der Waals surface area contributed by atoms with Gasteiger partial charge in [-0.15, -0.1) is 24.0 Å². The number of aromatic nitrogens is 2. The van der Waals surface area contributed by atoms with E-state index < -0.39 is 0 Å². The summed E-state index contributed by atoms with van der Waals surface area (Å²) in [5.41, 5.74) is 0. The van der Waals surface area contributed by atoms with E-state index in [1.165, 1.54) is 0 Å². The predicted octanol–water partition coefficient (Wildman–Crippen LogP) is 1.84. The van der Waals surface area contributed by atoms with E-state index in [0.717, 1.165) is 12.3 Å². The average molecular weight is 391 g/mol. The third kappa shape index (κ3) is 5.19. The quantitative estimate of drug-likeness (QED) is 0.460. The van der Waals surface area contributed by atoms with Gasteiger partial charge in [-0.25, -0.2) is 4.99 Å². The molecule has 0 aromatic carbocycles. The molecular weight excluding hydrogens is 373 g/mol. The second-order valence-electron chi connectivity index (χ2n) is 3.86. The van der Waals surface area contributed by atoms with Crippen LogP contribution in [0.1, 0.15) is 24.4 Å². The Morgan fingerprint density at radius 3 is 2.85 bits per heavy atom. The summed E-state index contributed by atoms with van der Waals surface area (Å²) in [5.74, 6) is 2.64. The maximum Gasteiger partial charge on any atom is 0.246 e. The molecule has 20 heavy (non-hydrogen) atoms. The summed E-state index contributed by atoms with van der Waals surface area (Å²) in [6, 6.07) is 3.72. The highest BCUT2D eigenvalue weighted by atomic mass is 127. The molecule has 7 nitrogen and oxygen atoms in total. The van der Waals surface area contributed by atoms with Gasteiger partial charge in [-0.3, -0.25) is 0 Å². The standard InChI is InChI=1S/C12H17N5O2.HI/c1-3-13-12(14-7-10-5-4-6-18-10)15-8-11-16-9(2)17-19-11;/h4-6H,3,7-8H2,1-2H3,(H2,13,14,15);1H. The van der Waals surface area contributed by atoms with Crippen molar-refractivity contribution in [3.8, 4) is 0 Å². The van der Waals surface area contributed by atoms with Gasteiger partial charge in [-0.2, -0.15) is 4.98 Å². The molecule has 0 radical (unpaired) electrons. The molecule has 0 bridgehead atoms. The Balaban J connectivity index is 0.00000200. The molecule has 2 aromatic rings. The van der Waals surface area contributed by atoms with Crippen LogP contribution in [0.2, 0.25) is 0 Å². The number of hydrogen-bond donors (Lipinski definition) is 2. The van der Waals surface area contributed by atoms with Gasteiger partial charge in [0.1, 0.15) is 12.3 Å². The Kier molecular flexibility index (Phi) is 7.05. The van der Waals surface area contributed by atoms with Gasteiger partial charge in [0.2, 0.25) is 5.89 Å². The Labute approximate surface area is 134 Å². The molecule has 2 aromatic heterocycles. The first-order valence-corrected chi connectivity index (χ1v) is 6.11. The smallest absolute Gasteiger partial charge is 0.246 e. The SMILES string of the molecule is CCNC(=NCc1ccco1)NCc1nc(C)no1.I. The number of halogens is 1. The Morgan fingerprint density at radius 1 is 1.40 bits per heavy atom. The van der Waals surface area contributed by atoms with Crippen molar-refractivity contribution >= 4 is 29.9 Å². The fraction of sp³-hybridized carbons (Fsp3) is 0.417. The van der Waals surface area contributed by atoms with Crippen LogP contribution in [-0.4, -0.2) is 22.6 Å². The first-order chi connectivity index (χ1) is 9.28. The number of guanidine groups is 1. The van der Waals surface area contributed by atoms with Crippen LogP contribution in [0.5, 0.6) is 0 Å². The van der Waals surface area contributed by atoms with Crippen LogP contribution >= 0.6 is 24.0 Å². The second kappa shape index (κ2) is 8.56. The average Bonchev–Trinajstić information content (AvgIpc) is 3.04. The molecule has 2 rings (SSSR count). The Morgan fingerprint density at radius 2 is 2.25 bits per heavy atom. The minimum Gasteiger partial charge on any atom is -0.467 e. The number of aryl methyl sites for hydroxylation is 1. The summed E-state index contributed by atoms with van der Waals surface area (Å²) >= 11 is 0. The molecule has 0 aliphatic carbocycles. The summed E-state index contributed by atoms with van der Waals surface area (Å²) in [5, 5.41) is 9.97. The lowest BCUT2D eigenvalue weighted by molar-refractivity contribution is 0.371. The van der Waals surface area contributed by atoms with Crippen LogP contribution in [0.3, 0.4) is 0 Å². The van der Waals surface area contributed by atoms with Gasteiger partial charge < -0.3 is 19.6 Å². The fourth-order valence-corrected chi connectivity index (χ4v) is 1.47. The van der Waals surface area contributed by atoms with E-state index >= 15 is 0 Å². The van der Waals surface area contributed by atoms with Gasteiger partial charge in [-0.1, -0.05) is 5.16 Å². The monoisotopic (exact) mass is 391 g/mol. The topological polar surface area (TPSA) is 88.5 Å². The first kappa shape index (κ1) is 16.5. The lowest BCUT2D eigenvalue weighted by atomic mass is 10.4. The van der Waals surface area contributed by atoms with Crippen molar-refractivity contribution in [3.05, 3.63) is 35.9 Å². The predicted molar refractivity (Wildman–Crippen MR) is 84.8 cm³/mol. The fourth-order valence-electron chi connectivity index (χ4n) is 1.47. The van der Waals surface area contributed by atoms with Gasteiger partial charge in [0.15, 0.2) is 11.8 Å². The molecule has 0 unspecified atom stereocenters. The van der Waals surface area contributed by atoms with Gasteiger partial charge in [0.25, 0.3) is 0 Å². The van der Waals surface area contributed by atoms with E-state index in [0.29, 0.717) is 30.8 Å². The number of nitrogens with zero attached hydrogens (tertiary/aromatic N) is 3. The van der Waals surface area contributed by atoms with Gasteiger partial charge in [-0.05, 0) is 26.0 Å². The van der Waals surface area contributed by atoms with E-state index in [1.54, 1.807) is 13.2 Å². The third-order valence-electron chi connectivity index (χ3n) is 2.29. The molecule has 0 saturated carbocycles.